The molecule has 1 N–H and O–H groups in total. The smallest absolute Gasteiger partial charge is 0.222 e. The van der Waals surface area contributed by atoms with Gasteiger partial charge in [0.1, 0.15) is 5.75 Å². The lowest BCUT2D eigenvalue weighted by Crippen LogP contribution is -2.29. The normalized spacial score (nSPS) is 18.4. The number of amides is 1. The number of likely N-dealkylation sites (tertiary alicyclic amines) is 1. The van der Waals surface area contributed by atoms with E-state index < -0.39 is 0 Å². The van der Waals surface area contributed by atoms with Crippen LogP contribution < -0.4 is 4.74 Å². The van der Waals surface area contributed by atoms with E-state index in [2.05, 4.69) is 13.8 Å². The van der Waals surface area contributed by atoms with Crippen molar-refractivity contribution in [3.63, 3.8) is 0 Å². The molecule has 1 aromatic carbocycles. The summed E-state index contributed by atoms with van der Waals surface area (Å²) in [5, 5.41) is 9.40. The molecule has 1 aromatic rings. The molecule has 1 heterocycles. The largest absolute Gasteiger partial charge is 0.494 e. The van der Waals surface area contributed by atoms with Crippen molar-refractivity contribution in [2.75, 3.05) is 19.7 Å². The summed E-state index contributed by atoms with van der Waals surface area (Å²) in [6.45, 7) is 5.84. The number of carbonyl (C=O) groups excluding carboxylic acids is 1. The molecule has 0 spiro atoms. The number of rotatable bonds is 5. The van der Waals surface area contributed by atoms with Gasteiger partial charge in [0.2, 0.25) is 5.91 Å². The van der Waals surface area contributed by atoms with Gasteiger partial charge in [0.25, 0.3) is 0 Å². The lowest BCUT2D eigenvalue weighted by Gasteiger charge is -2.15. The Hall–Kier alpha value is -1.55. The topological polar surface area (TPSA) is 49.8 Å². The number of carbonyl (C=O) groups is 1. The molecule has 20 heavy (non-hydrogen) atoms. The van der Waals surface area contributed by atoms with Gasteiger partial charge >= 0.3 is 0 Å². The van der Waals surface area contributed by atoms with Gasteiger partial charge in [-0.3, -0.25) is 4.79 Å². The second kappa shape index (κ2) is 6.75. The fourth-order valence-electron chi connectivity index (χ4n) is 2.34. The quantitative estimate of drug-likeness (QED) is 0.838. The summed E-state index contributed by atoms with van der Waals surface area (Å²) < 4.78 is 5.66. The number of ether oxygens (including phenoxy) is 1. The number of benzene rings is 1. The molecule has 0 saturated carbocycles. The van der Waals surface area contributed by atoms with E-state index >= 15 is 0 Å². The van der Waals surface area contributed by atoms with Crippen LogP contribution in [0.3, 0.4) is 0 Å². The van der Waals surface area contributed by atoms with Crippen LogP contribution in [0.15, 0.2) is 18.2 Å². The van der Waals surface area contributed by atoms with Gasteiger partial charge in [0.15, 0.2) is 0 Å². The van der Waals surface area contributed by atoms with Gasteiger partial charge in [-0.15, -0.1) is 0 Å². The number of nitrogens with zero attached hydrogens (tertiary/aromatic N) is 1. The van der Waals surface area contributed by atoms with Crippen molar-refractivity contribution in [2.45, 2.75) is 39.2 Å². The minimum Gasteiger partial charge on any atom is -0.494 e. The third kappa shape index (κ3) is 3.97. The summed E-state index contributed by atoms with van der Waals surface area (Å²) in [7, 11) is 0. The number of hydrogen-bond donors (Lipinski definition) is 1. The number of hydrogen-bond acceptors (Lipinski definition) is 3. The Labute approximate surface area is 120 Å². The average Bonchev–Trinajstić information content (AvgIpc) is 2.85. The zero-order valence-corrected chi connectivity index (χ0v) is 12.3. The van der Waals surface area contributed by atoms with Gasteiger partial charge in [-0.05, 0) is 49.9 Å². The lowest BCUT2D eigenvalue weighted by molar-refractivity contribution is -0.130. The van der Waals surface area contributed by atoms with Crippen LogP contribution in [0, 0.1) is 13.8 Å². The predicted octanol–water partition coefficient (Wildman–Crippen LogP) is 2.06. The summed E-state index contributed by atoms with van der Waals surface area (Å²) in [4.78, 5) is 13.6. The van der Waals surface area contributed by atoms with Crippen LogP contribution in [0.2, 0.25) is 0 Å². The van der Waals surface area contributed by atoms with E-state index in [1.165, 1.54) is 11.1 Å². The van der Waals surface area contributed by atoms with Gasteiger partial charge in [-0.1, -0.05) is 6.07 Å². The molecule has 4 nitrogen and oxygen atoms in total. The zero-order valence-electron chi connectivity index (χ0n) is 12.3. The van der Waals surface area contributed by atoms with Crippen molar-refractivity contribution in [3.8, 4) is 5.75 Å². The van der Waals surface area contributed by atoms with Gasteiger partial charge < -0.3 is 14.7 Å². The number of β-amino-alcohol motifs (C(OH)–C–C–N with tert-alkyl or cyclic N) is 1. The number of aryl methyl sites for hydroxylation is 2. The molecule has 1 amide bonds. The molecule has 4 heteroatoms. The van der Waals surface area contributed by atoms with E-state index in [0.29, 0.717) is 39.0 Å². The number of aliphatic hydroxyl groups excluding tert-OH is 1. The van der Waals surface area contributed by atoms with E-state index in [1.54, 1.807) is 4.90 Å². The van der Waals surface area contributed by atoms with E-state index in [0.717, 1.165) is 5.75 Å². The molecule has 0 bridgehead atoms. The Morgan fingerprint density at radius 2 is 2.20 bits per heavy atom. The van der Waals surface area contributed by atoms with E-state index in [-0.39, 0.29) is 12.0 Å². The summed E-state index contributed by atoms with van der Waals surface area (Å²) >= 11 is 0. The maximum absolute atomic E-state index is 11.9. The van der Waals surface area contributed by atoms with Crippen LogP contribution in [0.4, 0.5) is 0 Å². The highest BCUT2D eigenvalue weighted by Gasteiger charge is 2.23. The monoisotopic (exact) mass is 277 g/mol. The van der Waals surface area contributed by atoms with Crippen molar-refractivity contribution >= 4 is 5.91 Å². The molecule has 0 aliphatic carbocycles. The fourth-order valence-corrected chi connectivity index (χ4v) is 2.34. The molecule has 0 radical (unpaired) electrons. The maximum Gasteiger partial charge on any atom is 0.222 e. The van der Waals surface area contributed by atoms with Crippen LogP contribution in [-0.2, 0) is 4.79 Å². The minimum atomic E-state index is -0.342. The predicted molar refractivity (Wildman–Crippen MR) is 77.8 cm³/mol. The third-order valence-corrected chi connectivity index (χ3v) is 3.80. The first-order chi connectivity index (χ1) is 9.56. The number of aliphatic hydroxyl groups is 1. The van der Waals surface area contributed by atoms with Crippen LogP contribution in [0.25, 0.3) is 0 Å². The van der Waals surface area contributed by atoms with E-state index in [9.17, 15) is 9.90 Å². The van der Waals surface area contributed by atoms with Crippen LogP contribution in [0.5, 0.6) is 5.75 Å². The molecule has 110 valence electrons. The summed E-state index contributed by atoms with van der Waals surface area (Å²) in [5.41, 5.74) is 2.46. The molecule has 1 atom stereocenters. The van der Waals surface area contributed by atoms with Crippen molar-refractivity contribution in [1.29, 1.82) is 0 Å². The van der Waals surface area contributed by atoms with Crippen LogP contribution >= 0.6 is 0 Å². The molecular formula is C16H23NO3. The van der Waals surface area contributed by atoms with Crippen molar-refractivity contribution in [3.05, 3.63) is 29.3 Å². The summed E-state index contributed by atoms with van der Waals surface area (Å²) in [6, 6.07) is 6.02. The molecule has 2 rings (SSSR count). The molecule has 0 unspecified atom stereocenters. The van der Waals surface area contributed by atoms with Gasteiger partial charge in [-0.2, -0.15) is 0 Å². The highest BCUT2D eigenvalue weighted by atomic mass is 16.5. The van der Waals surface area contributed by atoms with Crippen molar-refractivity contribution in [1.82, 2.24) is 4.90 Å². The Morgan fingerprint density at radius 3 is 2.85 bits per heavy atom. The Balaban J connectivity index is 1.68. The SMILES string of the molecule is Cc1ccc(OCCCC(=O)N2CC[C@@H](O)C2)cc1C. The first-order valence-electron chi connectivity index (χ1n) is 7.22. The molecular weight excluding hydrogens is 254 g/mol. The van der Waals surface area contributed by atoms with Crippen molar-refractivity contribution < 1.29 is 14.6 Å². The standard InChI is InChI=1S/C16H23NO3/c1-12-5-6-15(10-13(12)2)20-9-3-4-16(19)17-8-7-14(18)11-17/h5-6,10,14,18H,3-4,7-9,11H2,1-2H3/t14-/m1/s1. The lowest BCUT2D eigenvalue weighted by atomic mass is 10.1. The highest BCUT2D eigenvalue weighted by molar-refractivity contribution is 5.76. The Kier molecular flexibility index (Phi) is 5.01. The molecule has 1 saturated heterocycles. The van der Waals surface area contributed by atoms with E-state index in [1.807, 2.05) is 18.2 Å². The zero-order chi connectivity index (χ0) is 14.5. The first kappa shape index (κ1) is 14.9. The molecule has 1 aliphatic heterocycles. The average molecular weight is 277 g/mol. The Morgan fingerprint density at radius 1 is 1.40 bits per heavy atom. The van der Waals surface area contributed by atoms with Gasteiger partial charge in [0, 0.05) is 19.5 Å². The summed E-state index contributed by atoms with van der Waals surface area (Å²) in [6.07, 6.45) is 1.55. The first-order valence-corrected chi connectivity index (χ1v) is 7.22. The second-order valence-corrected chi connectivity index (χ2v) is 5.48. The van der Waals surface area contributed by atoms with E-state index in [4.69, 9.17) is 4.74 Å². The third-order valence-electron chi connectivity index (χ3n) is 3.80. The van der Waals surface area contributed by atoms with Crippen molar-refractivity contribution in [2.24, 2.45) is 0 Å². The van der Waals surface area contributed by atoms with Gasteiger partial charge in [0.05, 0.1) is 12.7 Å². The second-order valence-electron chi connectivity index (χ2n) is 5.48. The minimum absolute atomic E-state index is 0.116. The molecule has 0 aromatic heterocycles. The van der Waals surface area contributed by atoms with Crippen LogP contribution in [0.1, 0.15) is 30.4 Å². The molecule has 1 aliphatic rings. The van der Waals surface area contributed by atoms with Crippen LogP contribution in [-0.4, -0.2) is 41.7 Å². The molecule has 1 fully saturated rings. The Bertz CT molecular complexity index is 473. The fraction of sp³-hybridized carbons (Fsp3) is 0.562. The maximum atomic E-state index is 11.9. The highest BCUT2D eigenvalue weighted by Crippen LogP contribution is 2.17. The van der Waals surface area contributed by atoms with Gasteiger partial charge in [-0.25, -0.2) is 0 Å². The summed E-state index contributed by atoms with van der Waals surface area (Å²) in [5.74, 6) is 0.974.